The smallest absolute Gasteiger partial charge is 0.417 e. The Morgan fingerprint density at radius 1 is 1.26 bits per heavy atom. The van der Waals surface area contributed by atoms with E-state index >= 15 is 22.0 Å². The minimum absolute atomic E-state index is 0.00762. The second-order valence-corrected chi connectivity index (χ2v) is 15.1. The zero-order valence-electron chi connectivity index (χ0n) is 29.4. The van der Waals surface area contributed by atoms with Crippen molar-refractivity contribution >= 4 is 54.7 Å². The number of hydrogen-bond donors (Lipinski definition) is 1. The van der Waals surface area contributed by atoms with Gasteiger partial charge >= 0.3 is 12.2 Å². The third kappa shape index (κ3) is 6.32. The lowest BCUT2D eigenvalue weighted by Crippen LogP contribution is -2.49. The van der Waals surface area contributed by atoms with Gasteiger partial charge in [-0.2, -0.15) is 23.1 Å². The maximum atomic E-state index is 17.3. The average molecular weight is 756 g/mol. The fraction of sp³-hybridized carbons (Fsp3) is 0.459. The van der Waals surface area contributed by atoms with E-state index < -0.39 is 46.5 Å². The predicted molar refractivity (Wildman–Crippen MR) is 193 cm³/mol. The summed E-state index contributed by atoms with van der Waals surface area (Å²) in [5.74, 6) is -2.48. The number of carbonyl (C=O) groups is 1. The third-order valence-electron chi connectivity index (χ3n) is 10.9. The fourth-order valence-corrected chi connectivity index (χ4v) is 9.17. The molecule has 0 bridgehead atoms. The van der Waals surface area contributed by atoms with Crippen LogP contribution in [0.3, 0.4) is 0 Å². The molecule has 10 nitrogen and oxygen atoms in total. The highest BCUT2D eigenvalue weighted by Crippen LogP contribution is 2.54. The molecule has 0 radical (unpaired) electrons. The van der Waals surface area contributed by atoms with E-state index in [1.807, 2.05) is 7.05 Å². The van der Waals surface area contributed by atoms with Crippen molar-refractivity contribution in [2.24, 2.45) is 5.41 Å². The van der Waals surface area contributed by atoms with Gasteiger partial charge in [0.25, 0.3) is 0 Å². The van der Waals surface area contributed by atoms with Crippen molar-refractivity contribution in [1.29, 1.82) is 0 Å². The lowest BCUT2D eigenvalue weighted by Gasteiger charge is -2.35. The molecule has 2 aromatic heterocycles. The number of hydrogen-bond acceptors (Lipinski definition) is 9. The number of methoxy groups -OCH3 is 1. The van der Waals surface area contributed by atoms with Gasteiger partial charge in [0.1, 0.15) is 23.8 Å². The summed E-state index contributed by atoms with van der Waals surface area (Å²) in [7, 11) is 3.49. The molecule has 2 N–H and O–H groups in total. The Morgan fingerprint density at radius 2 is 2.02 bits per heavy atom. The van der Waals surface area contributed by atoms with E-state index in [1.54, 1.807) is 16.7 Å². The molecule has 4 aromatic rings. The standard InChI is InChI=1S/C37H38F5N7O3S/c1-6-26(50)49-13-10-24(25(49)17-51-5)48(7-2)34-21-14-22(37(40,41)42)27(20-8-9-23(38)32-28(20)31(44-3)33(43)53-32)29(39)30(21)45-35(46-34)52-16-19-15-36(11-12-36)18-47(19)4/h6,8-9,14,19,24-25H,1,7,10-13,15-18,43H2,2,4-5H3/t19-,24?,25+/m0/s1. The van der Waals surface area contributed by atoms with Crippen molar-refractivity contribution in [1.82, 2.24) is 19.8 Å². The van der Waals surface area contributed by atoms with Gasteiger partial charge in [0, 0.05) is 49.1 Å². The Hall–Kier alpha value is -4.59. The number of nitrogen functional groups attached to an aromatic ring is 1. The minimum Gasteiger partial charge on any atom is -0.462 e. The SMILES string of the molecule is [C-]#[N+]c1c(N)sc2c(F)ccc(-c3c(C(F)(F)F)cc4c(N(CC)C5CCN(C(=O)C=C)[C@@H]5COC)nc(OC[C@@H]5CC6(CC6)CN5C)nc4c3F)c12. The normalized spacial score (nSPS) is 21.1. The number of anilines is 2. The summed E-state index contributed by atoms with van der Waals surface area (Å²) in [6.45, 7) is 14.8. The van der Waals surface area contributed by atoms with Crippen molar-refractivity contribution in [3.05, 3.63) is 59.5 Å². The van der Waals surface area contributed by atoms with E-state index in [0.29, 0.717) is 24.3 Å². The first-order valence-electron chi connectivity index (χ1n) is 17.3. The average Bonchev–Trinajstić information content (AvgIpc) is 3.42. The number of nitrogens with two attached hydrogens (primary N) is 1. The number of fused-ring (bicyclic) bond motifs is 2. The number of thiophene rings is 1. The monoisotopic (exact) mass is 755 g/mol. The number of alkyl halides is 3. The van der Waals surface area contributed by atoms with E-state index in [1.165, 1.54) is 13.2 Å². The summed E-state index contributed by atoms with van der Waals surface area (Å²) < 4.78 is 89.3. The highest BCUT2D eigenvalue weighted by atomic mass is 32.1. The Morgan fingerprint density at radius 3 is 2.64 bits per heavy atom. The summed E-state index contributed by atoms with van der Waals surface area (Å²) in [6.07, 6.45) is -0.347. The molecule has 3 aliphatic rings. The Labute approximate surface area is 306 Å². The van der Waals surface area contributed by atoms with E-state index in [4.69, 9.17) is 21.8 Å². The van der Waals surface area contributed by atoms with Crippen LogP contribution in [0.15, 0.2) is 30.9 Å². The molecular weight excluding hydrogens is 718 g/mol. The van der Waals surface area contributed by atoms with Gasteiger partial charge in [-0.1, -0.05) is 12.6 Å². The van der Waals surface area contributed by atoms with Gasteiger partial charge in [-0.05, 0) is 68.8 Å². The van der Waals surface area contributed by atoms with Crippen molar-refractivity contribution in [2.45, 2.75) is 56.9 Å². The molecule has 1 aliphatic carbocycles. The molecule has 16 heteroatoms. The number of amides is 1. The highest BCUT2D eigenvalue weighted by molar-refractivity contribution is 7.23. The molecule has 4 heterocycles. The summed E-state index contributed by atoms with van der Waals surface area (Å²) in [6, 6.07) is 1.53. The first-order chi connectivity index (χ1) is 25.2. The number of carbonyl (C=O) groups excluding carboxylic acids is 1. The number of aromatic nitrogens is 2. The second kappa shape index (κ2) is 13.7. The zero-order chi connectivity index (χ0) is 38.0. The number of halogens is 5. The van der Waals surface area contributed by atoms with Gasteiger partial charge in [0.2, 0.25) is 11.6 Å². The summed E-state index contributed by atoms with van der Waals surface area (Å²) in [5.41, 5.74) is 2.93. The van der Waals surface area contributed by atoms with Gasteiger partial charge in [-0.3, -0.25) is 9.69 Å². The zero-order valence-corrected chi connectivity index (χ0v) is 30.2. The van der Waals surface area contributed by atoms with Gasteiger partial charge in [0.15, 0.2) is 5.82 Å². The number of ether oxygens (including phenoxy) is 2. The molecule has 3 atom stereocenters. The van der Waals surface area contributed by atoms with Crippen LogP contribution in [0.25, 0.3) is 37.0 Å². The molecule has 53 heavy (non-hydrogen) atoms. The molecule has 1 saturated carbocycles. The molecule has 280 valence electrons. The summed E-state index contributed by atoms with van der Waals surface area (Å²) in [4.78, 5) is 30.8. The minimum atomic E-state index is -5.11. The molecule has 1 amide bonds. The van der Waals surface area contributed by atoms with Crippen LogP contribution >= 0.6 is 11.3 Å². The summed E-state index contributed by atoms with van der Waals surface area (Å²) >= 11 is 0.703. The number of likely N-dealkylation sites (N-methyl/N-ethyl adjacent to an activating group) is 2. The fourth-order valence-electron chi connectivity index (χ4n) is 8.23. The highest BCUT2D eigenvalue weighted by Gasteiger charge is 2.51. The van der Waals surface area contributed by atoms with Crippen LogP contribution in [0.1, 0.15) is 38.2 Å². The number of rotatable bonds is 10. The number of nitrogens with zero attached hydrogens (tertiary/aromatic N) is 6. The molecule has 2 aliphatic heterocycles. The summed E-state index contributed by atoms with van der Waals surface area (Å²) in [5, 5.41) is -0.558. The maximum Gasteiger partial charge on any atom is 0.417 e. The Bertz CT molecular complexity index is 2160. The predicted octanol–water partition coefficient (Wildman–Crippen LogP) is 7.43. The van der Waals surface area contributed by atoms with E-state index in [2.05, 4.69) is 26.3 Å². The second-order valence-electron chi connectivity index (χ2n) is 14.0. The topological polar surface area (TPSA) is 101 Å². The first kappa shape index (κ1) is 36.8. The molecule has 1 unspecified atom stereocenters. The van der Waals surface area contributed by atoms with Crippen LogP contribution in [0, 0.1) is 23.6 Å². The molecule has 2 saturated heterocycles. The molecule has 7 rings (SSSR count). The number of likely N-dealkylation sites (tertiary alicyclic amines) is 2. The van der Waals surface area contributed by atoms with Crippen LogP contribution in [0.5, 0.6) is 6.01 Å². The van der Waals surface area contributed by atoms with Gasteiger partial charge < -0.3 is 25.0 Å². The molecule has 1 spiro atoms. The molecule has 3 fully saturated rings. The quantitative estimate of drug-likeness (QED) is 0.101. The van der Waals surface area contributed by atoms with Gasteiger partial charge in [-0.25, -0.2) is 13.6 Å². The van der Waals surface area contributed by atoms with Crippen LogP contribution in [-0.4, -0.2) is 90.8 Å². The van der Waals surface area contributed by atoms with E-state index in [-0.39, 0.29) is 80.7 Å². The lowest BCUT2D eigenvalue weighted by atomic mass is 9.93. The van der Waals surface area contributed by atoms with E-state index in [0.717, 1.165) is 44.0 Å². The number of benzene rings is 2. The first-order valence-corrected chi connectivity index (χ1v) is 18.1. The van der Waals surface area contributed by atoms with Crippen LogP contribution in [0.4, 0.5) is 38.5 Å². The van der Waals surface area contributed by atoms with Gasteiger partial charge in [0.05, 0.1) is 40.5 Å². The molecular formula is C37H38F5N7O3S. The Kier molecular flexibility index (Phi) is 9.48. The van der Waals surface area contributed by atoms with Crippen LogP contribution in [-0.2, 0) is 15.7 Å². The Balaban J connectivity index is 1.45. The van der Waals surface area contributed by atoms with Crippen LogP contribution in [0.2, 0.25) is 0 Å². The lowest BCUT2D eigenvalue weighted by molar-refractivity contribution is -0.137. The van der Waals surface area contributed by atoms with Crippen molar-refractivity contribution < 1.29 is 36.2 Å². The third-order valence-corrected chi connectivity index (χ3v) is 11.9. The van der Waals surface area contributed by atoms with Crippen LogP contribution < -0.4 is 15.4 Å². The van der Waals surface area contributed by atoms with Crippen molar-refractivity contribution in [3.8, 4) is 17.1 Å². The maximum absolute atomic E-state index is 17.3. The van der Waals surface area contributed by atoms with Crippen molar-refractivity contribution in [3.63, 3.8) is 0 Å². The molecule has 2 aromatic carbocycles. The van der Waals surface area contributed by atoms with Gasteiger partial charge in [-0.15, -0.1) is 11.3 Å². The van der Waals surface area contributed by atoms with E-state index in [9.17, 15) is 4.79 Å². The largest absolute Gasteiger partial charge is 0.462 e. The van der Waals surface area contributed by atoms with Crippen molar-refractivity contribution in [2.75, 3.05) is 57.6 Å².